The zero-order valence-electron chi connectivity index (χ0n) is 11.9. The van der Waals surface area contributed by atoms with Gasteiger partial charge in [0, 0.05) is 19.7 Å². The molecular formula is C15H30N2O. The first kappa shape index (κ1) is 14.3. The van der Waals surface area contributed by atoms with E-state index in [0.717, 1.165) is 38.0 Å². The summed E-state index contributed by atoms with van der Waals surface area (Å²) < 4.78 is 5.91. The van der Waals surface area contributed by atoms with Gasteiger partial charge in [-0.15, -0.1) is 0 Å². The second-order valence-electron chi connectivity index (χ2n) is 6.08. The number of hydrogen-bond acceptors (Lipinski definition) is 3. The van der Waals surface area contributed by atoms with Gasteiger partial charge in [0.25, 0.3) is 0 Å². The lowest BCUT2D eigenvalue weighted by Gasteiger charge is -2.35. The molecule has 2 aliphatic rings. The van der Waals surface area contributed by atoms with Gasteiger partial charge in [-0.2, -0.15) is 0 Å². The first-order chi connectivity index (χ1) is 8.83. The summed E-state index contributed by atoms with van der Waals surface area (Å²) in [6.45, 7) is 7.66. The van der Waals surface area contributed by atoms with Gasteiger partial charge in [0.05, 0.1) is 6.10 Å². The number of ether oxygens (including phenoxy) is 1. The van der Waals surface area contributed by atoms with Crippen LogP contribution >= 0.6 is 0 Å². The molecule has 2 N–H and O–H groups in total. The van der Waals surface area contributed by atoms with Gasteiger partial charge in [-0.25, -0.2) is 0 Å². The number of hydrogen-bond donors (Lipinski definition) is 1. The minimum atomic E-state index is 0.483. The van der Waals surface area contributed by atoms with E-state index in [1.54, 1.807) is 0 Å². The third-order valence-electron chi connectivity index (χ3n) is 4.63. The van der Waals surface area contributed by atoms with E-state index in [2.05, 4.69) is 11.8 Å². The second kappa shape index (κ2) is 7.46. The molecule has 0 spiro atoms. The monoisotopic (exact) mass is 254 g/mol. The van der Waals surface area contributed by atoms with Crippen molar-refractivity contribution in [3.63, 3.8) is 0 Å². The van der Waals surface area contributed by atoms with Crippen LogP contribution in [0, 0.1) is 11.8 Å². The lowest BCUT2D eigenvalue weighted by atomic mass is 9.94. The van der Waals surface area contributed by atoms with Crippen LogP contribution in [0.2, 0.25) is 0 Å². The molecular weight excluding hydrogens is 224 g/mol. The molecule has 2 rings (SSSR count). The van der Waals surface area contributed by atoms with Crippen molar-refractivity contribution < 1.29 is 4.74 Å². The van der Waals surface area contributed by atoms with Crippen molar-refractivity contribution in [1.82, 2.24) is 4.90 Å². The Hall–Kier alpha value is -0.120. The molecule has 0 aromatic heterocycles. The van der Waals surface area contributed by atoms with Crippen molar-refractivity contribution in [2.24, 2.45) is 17.6 Å². The van der Waals surface area contributed by atoms with Crippen LogP contribution < -0.4 is 5.73 Å². The van der Waals surface area contributed by atoms with Crippen LogP contribution in [-0.4, -0.2) is 43.8 Å². The van der Waals surface area contributed by atoms with Crippen molar-refractivity contribution in [3.05, 3.63) is 0 Å². The highest BCUT2D eigenvalue weighted by atomic mass is 16.5. The van der Waals surface area contributed by atoms with Crippen molar-refractivity contribution in [1.29, 1.82) is 0 Å². The van der Waals surface area contributed by atoms with Gasteiger partial charge in [-0.05, 0) is 57.0 Å². The third kappa shape index (κ3) is 3.94. The molecule has 2 fully saturated rings. The van der Waals surface area contributed by atoms with Gasteiger partial charge >= 0.3 is 0 Å². The Morgan fingerprint density at radius 3 is 2.78 bits per heavy atom. The molecule has 0 bridgehead atoms. The van der Waals surface area contributed by atoms with Crippen LogP contribution in [0.4, 0.5) is 0 Å². The molecule has 0 aromatic rings. The zero-order valence-corrected chi connectivity index (χ0v) is 11.9. The molecule has 1 aliphatic heterocycles. The molecule has 3 nitrogen and oxygen atoms in total. The van der Waals surface area contributed by atoms with E-state index in [1.165, 1.54) is 45.2 Å². The first-order valence-electron chi connectivity index (χ1n) is 7.87. The highest BCUT2D eigenvalue weighted by Gasteiger charge is 2.29. The summed E-state index contributed by atoms with van der Waals surface area (Å²) in [6.07, 6.45) is 8.29. The molecule has 0 radical (unpaired) electrons. The number of nitrogens with zero attached hydrogens (tertiary/aromatic N) is 1. The minimum absolute atomic E-state index is 0.483. The molecule has 0 aromatic carbocycles. The highest BCUT2D eigenvalue weighted by molar-refractivity contribution is 4.83. The Labute approximate surface area is 112 Å². The van der Waals surface area contributed by atoms with Gasteiger partial charge in [0.1, 0.15) is 0 Å². The number of nitrogens with two attached hydrogens (primary N) is 1. The van der Waals surface area contributed by atoms with Crippen molar-refractivity contribution in [3.8, 4) is 0 Å². The van der Waals surface area contributed by atoms with Crippen LogP contribution in [0.3, 0.4) is 0 Å². The summed E-state index contributed by atoms with van der Waals surface area (Å²) in [6, 6.07) is 0. The topological polar surface area (TPSA) is 38.5 Å². The van der Waals surface area contributed by atoms with Crippen LogP contribution in [0.5, 0.6) is 0 Å². The lowest BCUT2D eigenvalue weighted by Crippen LogP contribution is -2.43. The predicted octanol–water partition coefficient (Wildman–Crippen LogP) is 2.25. The largest absolute Gasteiger partial charge is 0.377 e. The molecule has 3 unspecified atom stereocenters. The average molecular weight is 254 g/mol. The van der Waals surface area contributed by atoms with E-state index >= 15 is 0 Å². The van der Waals surface area contributed by atoms with Crippen LogP contribution in [0.25, 0.3) is 0 Å². The summed E-state index contributed by atoms with van der Waals surface area (Å²) >= 11 is 0. The van der Waals surface area contributed by atoms with Gasteiger partial charge in [-0.3, -0.25) is 0 Å². The fourth-order valence-electron chi connectivity index (χ4n) is 3.60. The van der Waals surface area contributed by atoms with Crippen molar-refractivity contribution in [2.45, 2.75) is 51.6 Å². The smallest absolute Gasteiger partial charge is 0.0702 e. The van der Waals surface area contributed by atoms with E-state index in [-0.39, 0.29) is 0 Å². The van der Waals surface area contributed by atoms with Crippen LogP contribution in [0.1, 0.15) is 45.4 Å². The van der Waals surface area contributed by atoms with E-state index in [9.17, 15) is 0 Å². The first-order valence-corrected chi connectivity index (χ1v) is 7.87. The normalized spacial score (nSPS) is 34.0. The molecule has 18 heavy (non-hydrogen) atoms. The maximum absolute atomic E-state index is 5.91. The minimum Gasteiger partial charge on any atom is -0.377 e. The Morgan fingerprint density at radius 2 is 2.00 bits per heavy atom. The maximum atomic E-state index is 5.91. The van der Waals surface area contributed by atoms with Gasteiger partial charge in [0.15, 0.2) is 0 Å². The van der Waals surface area contributed by atoms with Crippen molar-refractivity contribution in [2.75, 3.05) is 32.8 Å². The molecule has 1 heterocycles. The fourth-order valence-corrected chi connectivity index (χ4v) is 3.60. The van der Waals surface area contributed by atoms with E-state index < -0.39 is 0 Å². The van der Waals surface area contributed by atoms with Crippen LogP contribution in [-0.2, 0) is 4.74 Å². The summed E-state index contributed by atoms with van der Waals surface area (Å²) in [4.78, 5) is 2.63. The summed E-state index contributed by atoms with van der Waals surface area (Å²) in [7, 11) is 0. The van der Waals surface area contributed by atoms with Crippen LogP contribution in [0.15, 0.2) is 0 Å². The van der Waals surface area contributed by atoms with Gasteiger partial charge < -0.3 is 15.4 Å². The van der Waals surface area contributed by atoms with Gasteiger partial charge in [0.2, 0.25) is 0 Å². The fraction of sp³-hybridized carbons (Fsp3) is 1.00. The van der Waals surface area contributed by atoms with E-state index in [4.69, 9.17) is 10.5 Å². The quantitative estimate of drug-likeness (QED) is 0.790. The standard InChI is InChI=1S/C15H30N2O/c1-2-9-18-15-7-4-8-17(12-15)11-14-6-3-5-13(14)10-16/h13-15H,2-12,16H2,1H3. The lowest BCUT2D eigenvalue weighted by molar-refractivity contribution is -0.00517. The van der Waals surface area contributed by atoms with Crippen molar-refractivity contribution >= 4 is 0 Å². The zero-order chi connectivity index (χ0) is 12.8. The highest BCUT2D eigenvalue weighted by Crippen LogP contribution is 2.32. The number of likely N-dealkylation sites (tertiary alicyclic amines) is 1. The molecule has 1 aliphatic carbocycles. The Kier molecular flexibility index (Phi) is 5.93. The predicted molar refractivity (Wildman–Crippen MR) is 75.6 cm³/mol. The summed E-state index contributed by atoms with van der Waals surface area (Å²) in [5.74, 6) is 1.63. The Bertz CT molecular complexity index is 235. The maximum Gasteiger partial charge on any atom is 0.0702 e. The summed E-state index contributed by atoms with van der Waals surface area (Å²) in [5, 5.41) is 0. The molecule has 1 saturated heterocycles. The Balaban J connectivity index is 1.74. The molecule has 3 atom stereocenters. The third-order valence-corrected chi connectivity index (χ3v) is 4.63. The summed E-state index contributed by atoms with van der Waals surface area (Å²) in [5.41, 5.74) is 5.88. The molecule has 1 saturated carbocycles. The average Bonchev–Trinajstić information content (AvgIpc) is 2.84. The molecule has 106 valence electrons. The molecule has 3 heteroatoms. The number of piperidine rings is 1. The number of rotatable bonds is 6. The second-order valence-corrected chi connectivity index (χ2v) is 6.08. The molecule has 0 amide bonds. The van der Waals surface area contributed by atoms with Gasteiger partial charge in [-0.1, -0.05) is 13.3 Å². The van der Waals surface area contributed by atoms with E-state index in [1.807, 2.05) is 0 Å². The van der Waals surface area contributed by atoms with E-state index in [0.29, 0.717) is 6.10 Å². The Morgan fingerprint density at radius 1 is 1.17 bits per heavy atom. The SMILES string of the molecule is CCCOC1CCCN(CC2CCCC2CN)C1.